The summed E-state index contributed by atoms with van der Waals surface area (Å²) in [6.45, 7) is 9.25. The summed E-state index contributed by atoms with van der Waals surface area (Å²) in [4.78, 5) is 62.1. The van der Waals surface area contributed by atoms with Crippen LogP contribution in [-0.2, 0) is 16.1 Å². The van der Waals surface area contributed by atoms with Gasteiger partial charge in [-0.2, -0.15) is 4.98 Å². The number of piperazine rings is 1. The fraction of sp³-hybridized carbons (Fsp3) is 0.439. The predicted molar refractivity (Wildman–Crippen MR) is 227 cm³/mol. The normalized spacial score (nSPS) is 16.4. The van der Waals surface area contributed by atoms with Crippen molar-refractivity contribution in [3.05, 3.63) is 76.7 Å². The summed E-state index contributed by atoms with van der Waals surface area (Å²) in [6, 6.07) is 12.8. The van der Waals surface area contributed by atoms with Gasteiger partial charge in [0.25, 0.3) is 5.91 Å². The second kappa shape index (κ2) is 19.3. The van der Waals surface area contributed by atoms with Crippen LogP contribution in [0.25, 0.3) is 11.0 Å². The number of carbonyl (C=O) groups excluding carboxylic acids is 3. The molecule has 4 aromatic heterocycles. The SMILES string of the molecule is Cc1nc(NC(=O)c2ccccc2NC(=O)CCCCNC(=O)CN2CCN(c3ccc(Nc4ncc5cc6n(c5n4)CCCCCCNC6O)nc3)CC2)sc1C. The maximum Gasteiger partial charge on any atom is 0.259 e. The first-order valence-electron chi connectivity index (χ1n) is 20.1. The Morgan fingerprint density at radius 1 is 0.897 bits per heavy atom. The molecule has 58 heavy (non-hydrogen) atoms. The zero-order valence-electron chi connectivity index (χ0n) is 33.1. The van der Waals surface area contributed by atoms with Crippen molar-refractivity contribution >= 4 is 68.4 Å². The molecular weight excluding hydrogens is 757 g/mol. The fourth-order valence-corrected chi connectivity index (χ4v) is 8.00. The summed E-state index contributed by atoms with van der Waals surface area (Å²) in [5, 5.41) is 27.3. The number of thiazole rings is 1. The number of fused-ring (bicyclic) bond motifs is 3. The van der Waals surface area contributed by atoms with Gasteiger partial charge in [-0.25, -0.2) is 15.0 Å². The Labute approximate surface area is 341 Å². The highest BCUT2D eigenvalue weighted by Crippen LogP contribution is 2.27. The summed E-state index contributed by atoms with van der Waals surface area (Å²) in [5.74, 6) is 0.526. The second-order valence-electron chi connectivity index (χ2n) is 14.8. The first-order valence-corrected chi connectivity index (χ1v) is 20.9. The van der Waals surface area contributed by atoms with Gasteiger partial charge in [0.05, 0.1) is 41.1 Å². The van der Waals surface area contributed by atoms with Crippen molar-refractivity contribution in [3.63, 3.8) is 0 Å². The largest absolute Gasteiger partial charge is 0.373 e. The molecule has 0 radical (unpaired) electrons. The lowest BCUT2D eigenvalue weighted by molar-refractivity contribution is -0.122. The van der Waals surface area contributed by atoms with Gasteiger partial charge in [-0.1, -0.05) is 25.0 Å². The molecule has 1 fully saturated rings. The molecular formula is C41H52N12O4S. The topological polar surface area (TPSA) is 195 Å². The summed E-state index contributed by atoms with van der Waals surface area (Å²) in [7, 11) is 0. The van der Waals surface area contributed by atoms with Gasteiger partial charge in [-0.15, -0.1) is 11.3 Å². The lowest BCUT2D eigenvalue weighted by Crippen LogP contribution is -2.49. The third kappa shape index (κ3) is 10.5. The Morgan fingerprint density at radius 2 is 1.72 bits per heavy atom. The minimum Gasteiger partial charge on any atom is -0.373 e. The van der Waals surface area contributed by atoms with E-state index in [1.54, 1.807) is 30.5 Å². The van der Waals surface area contributed by atoms with Crippen LogP contribution in [0.5, 0.6) is 0 Å². The van der Waals surface area contributed by atoms with Crippen molar-refractivity contribution in [2.24, 2.45) is 0 Å². The van der Waals surface area contributed by atoms with Gasteiger partial charge < -0.3 is 30.5 Å². The van der Waals surface area contributed by atoms with Crippen LogP contribution >= 0.6 is 11.3 Å². The summed E-state index contributed by atoms with van der Waals surface area (Å²) < 4.78 is 2.09. The molecule has 2 aliphatic rings. The van der Waals surface area contributed by atoms with Gasteiger partial charge in [0.1, 0.15) is 17.7 Å². The number of nitrogens with zero attached hydrogens (tertiary/aromatic N) is 7. The number of carbonyl (C=O) groups is 3. The number of nitrogens with one attached hydrogen (secondary N) is 5. The molecule has 3 amide bonds. The first kappa shape index (κ1) is 40.7. The number of hydrogen-bond donors (Lipinski definition) is 6. The Bertz CT molecular complexity index is 2180. The first-order chi connectivity index (χ1) is 28.2. The van der Waals surface area contributed by atoms with Crippen LogP contribution in [0.4, 0.5) is 28.3 Å². The van der Waals surface area contributed by atoms with E-state index in [9.17, 15) is 19.5 Å². The van der Waals surface area contributed by atoms with Crippen molar-refractivity contribution in [2.45, 2.75) is 71.6 Å². The zero-order valence-corrected chi connectivity index (χ0v) is 33.9. The molecule has 17 heteroatoms. The van der Waals surface area contributed by atoms with Gasteiger partial charge in [0, 0.05) is 62.1 Å². The lowest BCUT2D eigenvalue weighted by Gasteiger charge is -2.35. The highest BCUT2D eigenvalue weighted by atomic mass is 32.1. The average molecular weight is 809 g/mol. The van der Waals surface area contributed by atoms with Crippen LogP contribution in [-0.4, -0.2) is 98.0 Å². The number of hydrogen-bond acceptors (Lipinski definition) is 13. The standard InChI is InChI=1S/C41H52N12O4S/c1-27-28(2)58-41(46-27)50-38(56)31-11-5-6-12-32(31)47-35(54)13-7-9-16-42-36(55)26-51-19-21-52(22-20-51)30-14-15-34(44-25-30)48-40-45-24-29-23-33-39(57)43-17-8-3-4-10-18-53(33)37(29)49-40/h5-6,11-12,14-15,23-25,39,43,57H,3-4,7-10,13,16-22,26H2,1-2H3,(H,42,55)(H,47,54)(H,46,50,56)(H,44,45,48,49). The molecule has 306 valence electrons. The van der Waals surface area contributed by atoms with Crippen molar-refractivity contribution in [3.8, 4) is 0 Å². The van der Waals surface area contributed by atoms with Crippen LogP contribution in [0.1, 0.15) is 77.8 Å². The summed E-state index contributed by atoms with van der Waals surface area (Å²) >= 11 is 1.41. The highest BCUT2D eigenvalue weighted by Gasteiger charge is 2.21. The van der Waals surface area contributed by atoms with E-state index >= 15 is 0 Å². The van der Waals surface area contributed by atoms with Crippen molar-refractivity contribution in [1.82, 2.24) is 40.0 Å². The molecule has 6 N–H and O–H groups in total. The molecule has 0 spiro atoms. The zero-order chi connectivity index (χ0) is 40.4. The number of para-hydroxylation sites is 1. The molecule has 0 aliphatic carbocycles. The van der Waals surface area contributed by atoms with E-state index in [-0.39, 0.29) is 24.1 Å². The maximum atomic E-state index is 12.9. The minimum absolute atomic E-state index is 0.0357. The Kier molecular flexibility index (Phi) is 13.5. The molecule has 1 unspecified atom stereocenters. The molecule has 0 bridgehead atoms. The number of aliphatic hydroxyl groups excluding tert-OH is 1. The Morgan fingerprint density at radius 3 is 2.52 bits per heavy atom. The Hall–Kier alpha value is -5.49. The second-order valence-corrected chi connectivity index (χ2v) is 16.0. The lowest BCUT2D eigenvalue weighted by atomic mass is 10.1. The van der Waals surface area contributed by atoms with E-state index in [0.29, 0.717) is 54.1 Å². The van der Waals surface area contributed by atoms with Crippen molar-refractivity contribution in [1.29, 1.82) is 0 Å². The van der Waals surface area contributed by atoms with Crippen molar-refractivity contribution in [2.75, 3.05) is 66.7 Å². The van der Waals surface area contributed by atoms with Crippen LogP contribution in [0, 0.1) is 13.8 Å². The number of anilines is 5. The number of rotatable bonds is 13. The third-order valence-electron chi connectivity index (χ3n) is 10.5. The number of aryl methyl sites for hydroxylation is 3. The number of unbranched alkanes of at least 4 members (excludes halogenated alkanes) is 1. The molecule has 2 aliphatic heterocycles. The smallest absolute Gasteiger partial charge is 0.259 e. The minimum atomic E-state index is -0.745. The molecule has 7 rings (SSSR count). The van der Waals surface area contributed by atoms with E-state index < -0.39 is 6.23 Å². The molecule has 1 saturated heterocycles. The maximum absolute atomic E-state index is 12.9. The summed E-state index contributed by atoms with van der Waals surface area (Å²) in [5.41, 5.74) is 4.29. The van der Waals surface area contributed by atoms with E-state index in [4.69, 9.17) is 4.98 Å². The van der Waals surface area contributed by atoms with Gasteiger partial charge in [0.2, 0.25) is 17.8 Å². The molecule has 1 aromatic carbocycles. The number of benzene rings is 1. The van der Waals surface area contributed by atoms with Gasteiger partial charge in [-0.3, -0.25) is 29.9 Å². The van der Waals surface area contributed by atoms with E-state index in [1.807, 2.05) is 38.2 Å². The van der Waals surface area contributed by atoms with Gasteiger partial charge in [-0.05, 0) is 76.4 Å². The van der Waals surface area contributed by atoms with Crippen LogP contribution in [0.2, 0.25) is 0 Å². The number of aliphatic hydroxyl groups is 1. The van der Waals surface area contributed by atoms with E-state index in [2.05, 4.69) is 55.9 Å². The Balaban J connectivity index is 0.802. The van der Waals surface area contributed by atoms with Crippen LogP contribution < -0.4 is 31.5 Å². The molecule has 0 saturated carbocycles. The predicted octanol–water partition coefficient (Wildman–Crippen LogP) is 5.10. The van der Waals surface area contributed by atoms with Crippen LogP contribution in [0.3, 0.4) is 0 Å². The number of pyridine rings is 1. The third-order valence-corrected chi connectivity index (χ3v) is 11.5. The highest BCUT2D eigenvalue weighted by molar-refractivity contribution is 7.15. The average Bonchev–Trinajstić information content (AvgIpc) is 3.75. The van der Waals surface area contributed by atoms with Gasteiger partial charge in [0.15, 0.2) is 5.13 Å². The molecule has 1 atom stereocenters. The number of amides is 3. The molecule has 6 heterocycles. The van der Waals surface area contributed by atoms with Crippen molar-refractivity contribution < 1.29 is 19.5 Å². The molecule has 16 nitrogen and oxygen atoms in total. The van der Waals surface area contributed by atoms with E-state index in [1.165, 1.54) is 11.3 Å². The van der Waals surface area contributed by atoms with E-state index in [0.717, 1.165) is 97.9 Å². The quantitative estimate of drug-likeness (QED) is 0.0864. The van der Waals surface area contributed by atoms with Crippen LogP contribution in [0.15, 0.2) is 54.9 Å². The molecule has 5 aromatic rings. The number of aromatic nitrogens is 5. The monoisotopic (exact) mass is 808 g/mol. The van der Waals surface area contributed by atoms with Gasteiger partial charge >= 0.3 is 0 Å². The fourth-order valence-electron chi connectivity index (χ4n) is 7.19. The summed E-state index contributed by atoms with van der Waals surface area (Å²) in [6.07, 6.45) is 8.76.